The fraction of sp³-hybridized carbons (Fsp3) is 0.684. The highest BCUT2D eigenvalue weighted by Gasteiger charge is 2.07. The molecule has 0 aliphatic rings. The normalized spacial score (nSPS) is 11.8. The molecule has 0 aromatic heterocycles. The summed E-state index contributed by atoms with van der Waals surface area (Å²) in [6, 6.07) is 8.30. The molecule has 0 radical (unpaired) electrons. The zero-order valence-electron chi connectivity index (χ0n) is 14.4. The van der Waals surface area contributed by atoms with Gasteiger partial charge < -0.3 is 10.6 Å². The van der Waals surface area contributed by atoms with Gasteiger partial charge in [0.2, 0.25) is 0 Å². The monoisotopic (exact) mass is 290 g/mol. The van der Waals surface area contributed by atoms with E-state index in [0.717, 1.165) is 23.9 Å². The molecule has 21 heavy (non-hydrogen) atoms. The molecule has 0 aliphatic heterocycles. The molecule has 0 heterocycles. The fourth-order valence-electron chi connectivity index (χ4n) is 2.47. The molecule has 1 aromatic carbocycles. The summed E-state index contributed by atoms with van der Waals surface area (Å²) >= 11 is 0. The minimum Gasteiger partial charge on any atom is -0.399 e. The smallest absolute Gasteiger partial charge is 0.0316 e. The lowest BCUT2D eigenvalue weighted by Crippen LogP contribution is -2.29. The summed E-state index contributed by atoms with van der Waals surface area (Å²) in [4.78, 5) is 2.65. The van der Waals surface area contributed by atoms with E-state index < -0.39 is 0 Å². The number of nitrogens with zero attached hydrogens (tertiary/aromatic N) is 1. The molecule has 0 unspecified atom stereocenters. The van der Waals surface area contributed by atoms with Crippen molar-refractivity contribution < 1.29 is 0 Å². The molecule has 0 aliphatic carbocycles. The van der Waals surface area contributed by atoms with E-state index in [4.69, 9.17) is 5.73 Å². The lowest BCUT2D eigenvalue weighted by Gasteiger charge is -2.24. The van der Waals surface area contributed by atoms with Crippen LogP contribution in [0.3, 0.4) is 0 Å². The van der Waals surface area contributed by atoms with E-state index in [1.807, 2.05) is 6.07 Å². The van der Waals surface area contributed by atoms with Crippen LogP contribution < -0.4 is 5.73 Å². The minimum atomic E-state index is 0.792. The van der Waals surface area contributed by atoms with Crippen molar-refractivity contribution in [2.45, 2.75) is 53.4 Å². The van der Waals surface area contributed by atoms with Crippen molar-refractivity contribution in [1.29, 1.82) is 0 Å². The summed E-state index contributed by atoms with van der Waals surface area (Å²) in [6.07, 6.45) is 4.96. The second-order valence-corrected chi connectivity index (χ2v) is 7.06. The highest BCUT2D eigenvalue weighted by molar-refractivity contribution is 5.40. The standard InChI is InChI=1S/C19H34N2/c1-16(2)10-13-21(14-11-17(3)4)12-6-8-18-7-5-9-19(20)15-18/h5,7,9,15-17H,6,8,10-14,20H2,1-4H3. The van der Waals surface area contributed by atoms with Gasteiger partial charge in [0.1, 0.15) is 0 Å². The predicted octanol–water partition coefficient (Wildman–Crippen LogP) is 4.60. The van der Waals surface area contributed by atoms with Crippen molar-refractivity contribution in [3.63, 3.8) is 0 Å². The number of hydrogen-bond acceptors (Lipinski definition) is 2. The van der Waals surface area contributed by atoms with E-state index in [0.29, 0.717) is 0 Å². The quantitative estimate of drug-likeness (QED) is 0.638. The highest BCUT2D eigenvalue weighted by Crippen LogP contribution is 2.11. The van der Waals surface area contributed by atoms with Gasteiger partial charge in [-0.1, -0.05) is 39.8 Å². The van der Waals surface area contributed by atoms with Crippen LogP contribution in [0.15, 0.2) is 24.3 Å². The van der Waals surface area contributed by atoms with Gasteiger partial charge in [-0.05, 0) is 74.8 Å². The molecule has 2 nitrogen and oxygen atoms in total. The summed E-state index contributed by atoms with van der Waals surface area (Å²) in [5.41, 5.74) is 8.08. The largest absolute Gasteiger partial charge is 0.399 e. The Hall–Kier alpha value is -1.02. The van der Waals surface area contributed by atoms with Crippen LogP contribution in [0.25, 0.3) is 0 Å². The zero-order chi connectivity index (χ0) is 15.7. The van der Waals surface area contributed by atoms with E-state index in [1.54, 1.807) is 0 Å². The number of anilines is 1. The maximum absolute atomic E-state index is 5.84. The average molecular weight is 290 g/mol. The van der Waals surface area contributed by atoms with Gasteiger partial charge in [-0.25, -0.2) is 0 Å². The molecule has 2 heteroatoms. The first-order chi connectivity index (χ1) is 9.97. The molecule has 0 atom stereocenters. The third-order valence-electron chi connectivity index (χ3n) is 3.94. The maximum atomic E-state index is 5.84. The summed E-state index contributed by atoms with van der Waals surface area (Å²) < 4.78 is 0. The van der Waals surface area contributed by atoms with Crippen molar-refractivity contribution in [3.8, 4) is 0 Å². The second-order valence-electron chi connectivity index (χ2n) is 7.06. The summed E-state index contributed by atoms with van der Waals surface area (Å²) in [6.45, 7) is 12.9. The van der Waals surface area contributed by atoms with E-state index in [1.165, 1.54) is 44.5 Å². The van der Waals surface area contributed by atoms with Crippen LogP contribution in [-0.4, -0.2) is 24.5 Å². The molecule has 0 saturated carbocycles. The highest BCUT2D eigenvalue weighted by atomic mass is 15.1. The summed E-state index contributed by atoms with van der Waals surface area (Å²) in [5, 5.41) is 0. The third kappa shape index (κ3) is 8.77. The first kappa shape index (κ1) is 18.0. The van der Waals surface area contributed by atoms with Gasteiger partial charge in [0.15, 0.2) is 0 Å². The first-order valence-electron chi connectivity index (χ1n) is 8.54. The van der Waals surface area contributed by atoms with E-state index in [9.17, 15) is 0 Å². The second kappa shape index (κ2) is 9.83. The van der Waals surface area contributed by atoms with Gasteiger partial charge in [0, 0.05) is 5.69 Å². The van der Waals surface area contributed by atoms with Gasteiger partial charge in [-0.15, -0.1) is 0 Å². The van der Waals surface area contributed by atoms with E-state index in [-0.39, 0.29) is 0 Å². The molecule has 0 spiro atoms. The molecule has 2 N–H and O–H groups in total. The lowest BCUT2D eigenvalue weighted by molar-refractivity contribution is 0.241. The summed E-state index contributed by atoms with van der Waals surface area (Å²) in [5.74, 6) is 1.58. The number of aryl methyl sites for hydroxylation is 1. The van der Waals surface area contributed by atoms with Crippen LogP contribution in [0.1, 0.15) is 52.5 Å². The molecule has 0 amide bonds. The molecule has 1 aromatic rings. The van der Waals surface area contributed by atoms with Gasteiger partial charge in [0.25, 0.3) is 0 Å². The number of benzene rings is 1. The van der Waals surface area contributed by atoms with Gasteiger partial charge in [-0.2, -0.15) is 0 Å². The van der Waals surface area contributed by atoms with Crippen LogP contribution >= 0.6 is 0 Å². The Morgan fingerprint density at radius 1 is 0.952 bits per heavy atom. The Morgan fingerprint density at radius 3 is 2.10 bits per heavy atom. The Bertz CT molecular complexity index is 373. The molecular weight excluding hydrogens is 256 g/mol. The van der Waals surface area contributed by atoms with Crippen molar-refractivity contribution >= 4 is 5.69 Å². The number of nitrogen functional groups attached to an aromatic ring is 1. The molecule has 1 rings (SSSR count). The van der Waals surface area contributed by atoms with Gasteiger partial charge in [-0.3, -0.25) is 0 Å². The van der Waals surface area contributed by atoms with Crippen LogP contribution in [0, 0.1) is 11.8 Å². The number of hydrogen-bond donors (Lipinski definition) is 1. The lowest BCUT2D eigenvalue weighted by atomic mass is 10.1. The maximum Gasteiger partial charge on any atom is 0.0316 e. The Kier molecular flexibility index (Phi) is 8.44. The van der Waals surface area contributed by atoms with Crippen molar-refractivity contribution in [2.75, 3.05) is 25.4 Å². The first-order valence-corrected chi connectivity index (χ1v) is 8.54. The fourth-order valence-corrected chi connectivity index (χ4v) is 2.47. The Labute approximate surface area is 131 Å². The number of nitrogens with two attached hydrogens (primary N) is 1. The van der Waals surface area contributed by atoms with Gasteiger partial charge >= 0.3 is 0 Å². The SMILES string of the molecule is CC(C)CCN(CCCc1cccc(N)c1)CCC(C)C. The van der Waals surface area contributed by atoms with E-state index in [2.05, 4.69) is 50.8 Å². The zero-order valence-corrected chi connectivity index (χ0v) is 14.4. The molecule has 120 valence electrons. The van der Waals surface area contributed by atoms with Crippen LogP contribution in [0.5, 0.6) is 0 Å². The number of rotatable bonds is 10. The van der Waals surface area contributed by atoms with E-state index >= 15 is 0 Å². The molecule has 0 fully saturated rings. The summed E-state index contributed by atoms with van der Waals surface area (Å²) in [7, 11) is 0. The predicted molar refractivity (Wildman–Crippen MR) is 94.5 cm³/mol. The van der Waals surface area contributed by atoms with Crippen molar-refractivity contribution in [3.05, 3.63) is 29.8 Å². The molecule has 0 bridgehead atoms. The third-order valence-corrected chi connectivity index (χ3v) is 3.94. The Balaban J connectivity index is 2.36. The van der Waals surface area contributed by atoms with Gasteiger partial charge in [0.05, 0.1) is 0 Å². The van der Waals surface area contributed by atoms with Crippen LogP contribution in [0.2, 0.25) is 0 Å². The Morgan fingerprint density at radius 2 is 1.57 bits per heavy atom. The molecule has 0 saturated heterocycles. The average Bonchev–Trinajstić information content (AvgIpc) is 2.41. The van der Waals surface area contributed by atoms with Crippen LogP contribution in [-0.2, 0) is 6.42 Å². The van der Waals surface area contributed by atoms with Crippen molar-refractivity contribution in [1.82, 2.24) is 4.90 Å². The van der Waals surface area contributed by atoms with Crippen LogP contribution in [0.4, 0.5) is 5.69 Å². The molecular formula is C19H34N2. The topological polar surface area (TPSA) is 29.3 Å². The van der Waals surface area contributed by atoms with Crippen molar-refractivity contribution in [2.24, 2.45) is 11.8 Å². The minimum absolute atomic E-state index is 0.792.